The fourth-order valence-electron chi connectivity index (χ4n) is 0.708. The summed E-state index contributed by atoms with van der Waals surface area (Å²) in [6, 6.07) is 7.68. The molecule has 0 aromatic heterocycles. The second-order valence-electron chi connectivity index (χ2n) is 2.09. The molecular weight excluding hydrogens is 241 g/mol. The number of ether oxygens (including phenoxy) is 1. The maximum absolute atomic E-state index is 5.27. The standard InChI is InChI=1S/C8H10BrNO.ClH/c9-7-1-3-8(4-2-7)11-6-5-10;/h1-4H,5-6,10H2;1H. The molecular formula is C8H11BrClNO. The average molecular weight is 253 g/mol. The summed E-state index contributed by atoms with van der Waals surface area (Å²) < 4.78 is 6.32. The van der Waals surface area contributed by atoms with Gasteiger partial charge in [-0.15, -0.1) is 12.4 Å². The SMILES string of the molecule is Cl.NCCOc1ccc(Br)cc1. The summed E-state index contributed by atoms with van der Waals surface area (Å²) in [7, 11) is 0. The van der Waals surface area contributed by atoms with Crippen LogP contribution < -0.4 is 10.5 Å². The Bertz CT molecular complexity index is 215. The molecule has 0 aliphatic rings. The molecule has 0 aliphatic carbocycles. The Kier molecular flexibility index (Phi) is 6.16. The van der Waals surface area contributed by atoms with Crippen LogP contribution in [0.4, 0.5) is 0 Å². The Hall–Kier alpha value is -0.250. The third kappa shape index (κ3) is 3.95. The van der Waals surface area contributed by atoms with Crippen LogP contribution in [0.15, 0.2) is 28.7 Å². The van der Waals surface area contributed by atoms with Gasteiger partial charge in [-0.05, 0) is 24.3 Å². The van der Waals surface area contributed by atoms with Gasteiger partial charge >= 0.3 is 0 Å². The largest absolute Gasteiger partial charge is 0.492 e. The Balaban J connectivity index is 0.00000121. The van der Waals surface area contributed by atoms with Crippen LogP contribution in [0.2, 0.25) is 0 Å². The van der Waals surface area contributed by atoms with Crippen molar-refractivity contribution in [2.45, 2.75) is 0 Å². The number of benzene rings is 1. The molecule has 0 unspecified atom stereocenters. The van der Waals surface area contributed by atoms with Gasteiger partial charge in [0.2, 0.25) is 0 Å². The number of rotatable bonds is 3. The number of halogens is 2. The van der Waals surface area contributed by atoms with Gasteiger partial charge in [0.15, 0.2) is 0 Å². The average Bonchev–Trinajstić information content (AvgIpc) is 2.04. The van der Waals surface area contributed by atoms with Crippen molar-refractivity contribution in [2.24, 2.45) is 5.73 Å². The van der Waals surface area contributed by atoms with Gasteiger partial charge in [-0.3, -0.25) is 0 Å². The predicted molar refractivity (Wildman–Crippen MR) is 55.9 cm³/mol. The second kappa shape index (κ2) is 6.29. The van der Waals surface area contributed by atoms with E-state index in [9.17, 15) is 0 Å². The summed E-state index contributed by atoms with van der Waals surface area (Å²) in [5.74, 6) is 0.860. The highest BCUT2D eigenvalue weighted by Gasteiger charge is 1.90. The van der Waals surface area contributed by atoms with E-state index in [0.717, 1.165) is 10.2 Å². The lowest BCUT2D eigenvalue weighted by Gasteiger charge is -2.02. The van der Waals surface area contributed by atoms with Crippen LogP contribution in [0.25, 0.3) is 0 Å². The summed E-state index contributed by atoms with van der Waals surface area (Å²) >= 11 is 3.33. The fraction of sp³-hybridized carbons (Fsp3) is 0.250. The summed E-state index contributed by atoms with van der Waals surface area (Å²) in [6.45, 7) is 1.12. The molecule has 0 aliphatic heterocycles. The van der Waals surface area contributed by atoms with E-state index < -0.39 is 0 Å². The van der Waals surface area contributed by atoms with Gasteiger partial charge in [-0.2, -0.15) is 0 Å². The molecule has 0 atom stereocenters. The van der Waals surface area contributed by atoms with Crippen molar-refractivity contribution in [2.75, 3.05) is 13.2 Å². The normalized spacial score (nSPS) is 8.83. The van der Waals surface area contributed by atoms with Crippen LogP contribution in [0.5, 0.6) is 5.75 Å². The third-order valence-corrected chi connectivity index (χ3v) is 1.73. The topological polar surface area (TPSA) is 35.2 Å². The lowest BCUT2D eigenvalue weighted by molar-refractivity contribution is 0.328. The molecule has 4 heteroatoms. The first-order chi connectivity index (χ1) is 5.33. The van der Waals surface area contributed by atoms with Crippen molar-refractivity contribution in [3.05, 3.63) is 28.7 Å². The molecule has 0 amide bonds. The van der Waals surface area contributed by atoms with Gasteiger partial charge in [0.25, 0.3) is 0 Å². The predicted octanol–water partition coefficient (Wildman–Crippen LogP) is 2.21. The van der Waals surface area contributed by atoms with E-state index in [1.54, 1.807) is 0 Å². The van der Waals surface area contributed by atoms with E-state index in [-0.39, 0.29) is 12.4 Å². The van der Waals surface area contributed by atoms with Crippen molar-refractivity contribution in [3.63, 3.8) is 0 Å². The highest BCUT2D eigenvalue weighted by atomic mass is 79.9. The Labute approximate surface area is 86.6 Å². The van der Waals surface area contributed by atoms with Crippen LogP contribution in [0.3, 0.4) is 0 Å². The molecule has 0 saturated carbocycles. The van der Waals surface area contributed by atoms with E-state index in [2.05, 4.69) is 15.9 Å². The third-order valence-electron chi connectivity index (χ3n) is 1.20. The maximum atomic E-state index is 5.27. The molecule has 0 fully saturated rings. The van der Waals surface area contributed by atoms with Crippen molar-refractivity contribution in [1.82, 2.24) is 0 Å². The highest BCUT2D eigenvalue weighted by molar-refractivity contribution is 9.10. The molecule has 12 heavy (non-hydrogen) atoms. The zero-order chi connectivity index (χ0) is 8.10. The summed E-state index contributed by atoms with van der Waals surface area (Å²) in [5, 5.41) is 0. The first-order valence-corrected chi connectivity index (χ1v) is 4.20. The maximum Gasteiger partial charge on any atom is 0.119 e. The summed E-state index contributed by atoms with van der Waals surface area (Å²) in [6.07, 6.45) is 0. The Morgan fingerprint density at radius 2 is 1.83 bits per heavy atom. The number of hydrogen-bond donors (Lipinski definition) is 1. The molecule has 1 aromatic carbocycles. The van der Waals surface area contributed by atoms with Gasteiger partial charge in [0.1, 0.15) is 12.4 Å². The zero-order valence-electron chi connectivity index (χ0n) is 6.50. The summed E-state index contributed by atoms with van der Waals surface area (Å²) in [5.41, 5.74) is 5.27. The van der Waals surface area contributed by atoms with Crippen molar-refractivity contribution in [1.29, 1.82) is 0 Å². The number of nitrogens with two attached hydrogens (primary N) is 1. The molecule has 68 valence electrons. The van der Waals surface area contributed by atoms with Crippen molar-refractivity contribution >= 4 is 28.3 Å². The Morgan fingerprint density at radius 3 is 2.33 bits per heavy atom. The quantitative estimate of drug-likeness (QED) is 0.895. The van der Waals surface area contributed by atoms with E-state index in [4.69, 9.17) is 10.5 Å². The monoisotopic (exact) mass is 251 g/mol. The molecule has 1 aromatic rings. The first-order valence-electron chi connectivity index (χ1n) is 3.41. The van der Waals surface area contributed by atoms with Crippen LogP contribution >= 0.6 is 28.3 Å². The summed E-state index contributed by atoms with van der Waals surface area (Å²) in [4.78, 5) is 0. The van der Waals surface area contributed by atoms with Crippen LogP contribution in [0.1, 0.15) is 0 Å². The van der Waals surface area contributed by atoms with E-state index in [0.29, 0.717) is 13.2 Å². The van der Waals surface area contributed by atoms with Gasteiger partial charge in [0.05, 0.1) is 0 Å². The number of hydrogen-bond acceptors (Lipinski definition) is 2. The molecule has 0 heterocycles. The zero-order valence-corrected chi connectivity index (χ0v) is 8.90. The van der Waals surface area contributed by atoms with Crippen molar-refractivity contribution in [3.8, 4) is 5.75 Å². The smallest absolute Gasteiger partial charge is 0.119 e. The van der Waals surface area contributed by atoms with Crippen LogP contribution in [-0.4, -0.2) is 13.2 Å². The molecule has 1 rings (SSSR count). The molecule has 2 N–H and O–H groups in total. The first kappa shape index (κ1) is 11.8. The minimum Gasteiger partial charge on any atom is -0.492 e. The molecule has 0 radical (unpaired) electrons. The highest BCUT2D eigenvalue weighted by Crippen LogP contribution is 2.15. The van der Waals surface area contributed by atoms with Gasteiger partial charge < -0.3 is 10.5 Å². The van der Waals surface area contributed by atoms with Crippen LogP contribution in [0, 0.1) is 0 Å². The minimum absolute atomic E-state index is 0. The van der Waals surface area contributed by atoms with E-state index in [1.165, 1.54) is 0 Å². The molecule has 0 saturated heterocycles. The van der Waals surface area contributed by atoms with E-state index >= 15 is 0 Å². The molecule has 0 spiro atoms. The lowest BCUT2D eigenvalue weighted by atomic mass is 10.3. The lowest BCUT2D eigenvalue weighted by Crippen LogP contribution is -2.10. The molecule has 0 bridgehead atoms. The second-order valence-corrected chi connectivity index (χ2v) is 3.01. The van der Waals surface area contributed by atoms with Gasteiger partial charge in [-0.1, -0.05) is 15.9 Å². The molecule has 2 nitrogen and oxygen atoms in total. The fourth-order valence-corrected chi connectivity index (χ4v) is 0.972. The van der Waals surface area contributed by atoms with E-state index in [1.807, 2.05) is 24.3 Å². The van der Waals surface area contributed by atoms with Crippen molar-refractivity contribution < 1.29 is 4.74 Å². The van der Waals surface area contributed by atoms with Crippen LogP contribution in [-0.2, 0) is 0 Å². The van der Waals surface area contributed by atoms with Gasteiger partial charge in [-0.25, -0.2) is 0 Å². The minimum atomic E-state index is 0. The van der Waals surface area contributed by atoms with Gasteiger partial charge in [0, 0.05) is 11.0 Å². The Morgan fingerprint density at radius 1 is 1.25 bits per heavy atom.